The number of carbonyl (C=O) groups excluding carboxylic acids is 2. The van der Waals surface area contributed by atoms with Crippen LogP contribution in [0, 0.1) is 0 Å². The molecular weight excluding hydrogens is 882 g/mol. The summed E-state index contributed by atoms with van der Waals surface area (Å²) in [5, 5.41) is 0. The van der Waals surface area contributed by atoms with Gasteiger partial charge < -0.3 is 20.1 Å². The van der Waals surface area contributed by atoms with Crippen LogP contribution in [0.2, 0.25) is 0 Å². The number of hydrogen-bond donors (Lipinski definition) is 2. The number of esters is 2. The van der Waals surface area contributed by atoms with Crippen LogP contribution in [0.5, 0.6) is 0 Å². The summed E-state index contributed by atoms with van der Waals surface area (Å²) < 4.78 is 33.0. The smallest absolute Gasteiger partial charge is 0.462 e. The molecule has 0 aliphatic rings. The Balaban J connectivity index is 4.14. The van der Waals surface area contributed by atoms with Gasteiger partial charge in [-0.1, -0.05) is 205 Å². The SMILES string of the molecule is CC/C=C\C/C=C\C/C=C\C/C=C\C/C=C\C/C=C\CCCCCCCCC(=O)OC(COC(=O)CCCCCCCCC/C=C\C/C=C\C/C=C\C/C=C\C/C=C\CC)COP(=O)(O)OCCN. The first-order valence-electron chi connectivity index (χ1n) is 26.7. The van der Waals surface area contributed by atoms with Crippen molar-refractivity contribution in [3.63, 3.8) is 0 Å². The van der Waals surface area contributed by atoms with Gasteiger partial charge in [-0.3, -0.25) is 18.6 Å². The topological polar surface area (TPSA) is 134 Å². The van der Waals surface area contributed by atoms with E-state index in [4.69, 9.17) is 24.3 Å². The van der Waals surface area contributed by atoms with Crippen LogP contribution in [-0.4, -0.2) is 49.3 Å². The number of ether oxygens (including phenoxy) is 2. The summed E-state index contributed by atoms with van der Waals surface area (Å²) in [4.78, 5) is 35.1. The molecule has 0 saturated heterocycles. The van der Waals surface area contributed by atoms with Crippen molar-refractivity contribution in [3.8, 4) is 0 Å². The van der Waals surface area contributed by atoms with E-state index in [1.165, 1.54) is 19.3 Å². The number of rotatable bonds is 48. The molecule has 0 fully saturated rings. The van der Waals surface area contributed by atoms with E-state index in [1.807, 2.05) is 0 Å². The predicted octanol–water partition coefficient (Wildman–Crippen LogP) is 16.6. The molecule has 0 bridgehead atoms. The van der Waals surface area contributed by atoms with Crippen molar-refractivity contribution in [2.24, 2.45) is 5.73 Å². The van der Waals surface area contributed by atoms with Crippen LogP contribution in [0.3, 0.4) is 0 Å². The van der Waals surface area contributed by atoms with E-state index < -0.39 is 32.5 Å². The third-order valence-corrected chi connectivity index (χ3v) is 11.5. The molecule has 10 heteroatoms. The zero-order chi connectivity index (χ0) is 50.2. The predicted molar refractivity (Wildman–Crippen MR) is 293 cm³/mol. The lowest BCUT2D eigenvalue weighted by Gasteiger charge is -2.19. The molecule has 0 aromatic heterocycles. The van der Waals surface area contributed by atoms with Crippen LogP contribution in [-0.2, 0) is 32.7 Å². The van der Waals surface area contributed by atoms with E-state index in [1.54, 1.807) is 0 Å². The molecule has 0 aliphatic carbocycles. The Morgan fingerprint density at radius 1 is 0.435 bits per heavy atom. The van der Waals surface area contributed by atoms with Crippen molar-refractivity contribution >= 4 is 19.8 Å². The Morgan fingerprint density at radius 3 is 1.12 bits per heavy atom. The van der Waals surface area contributed by atoms with Crippen LogP contribution < -0.4 is 5.73 Å². The summed E-state index contributed by atoms with van der Waals surface area (Å²) in [7, 11) is -4.40. The molecule has 0 aromatic carbocycles. The second kappa shape index (κ2) is 53.5. The average Bonchev–Trinajstić information content (AvgIpc) is 3.34. The van der Waals surface area contributed by atoms with Crippen LogP contribution in [0.15, 0.2) is 134 Å². The Morgan fingerprint density at radius 2 is 0.754 bits per heavy atom. The summed E-state index contributed by atoms with van der Waals surface area (Å²) in [5.74, 6) is -0.869. The maximum Gasteiger partial charge on any atom is 0.472 e. The lowest BCUT2D eigenvalue weighted by molar-refractivity contribution is -0.161. The van der Waals surface area contributed by atoms with Crippen molar-refractivity contribution in [2.75, 3.05) is 26.4 Å². The van der Waals surface area contributed by atoms with E-state index in [-0.39, 0.29) is 32.6 Å². The molecule has 9 nitrogen and oxygen atoms in total. The van der Waals surface area contributed by atoms with Crippen LogP contribution in [0.4, 0.5) is 0 Å². The first-order valence-corrected chi connectivity index (χ1v) is 28.2. The van der Waals surface area contributed by atoms with Crippen LogP contribution in [0.1, 0.15) is 194 Å². The minimum absolute atomic E-state index is 0.0409. The molecule has 0 rings (SSSR count). The molecule has 0 saturated carbocycles. The molecule has 0 spiro atoms. The van der Waals surface area contributed by atoms with Gasteiger partial charge >= 0.3 is 19.8 Å². The fraction of sp³-hybridized carbons (Fsp3) is 0.593. The summed E-state index contributed by atoms with van der Waals surface area (Å²) >= 11 is 0. The molecule has 0 amide bonds. The fourth-order valence-electron chi connectivity index (χ4n) is 6.66. The zero-order valence-electron chi connectivity index (χ0n) is 43.2. The van der Waals surface area contributed by atoms with E-state index in [9.17, 15) is 19.0 Å². The molecular formula is C59H96NO8P. The summed E-state index contributed by atoms with van der Waals surface area (Å²) in [6, 6.07) is 0. The maximum atomic E-state index is 12.7. The molecule has 3 N–H and O–H groups in total. The van der Waals surface area contributed by atoms with Gasteiger partial charge in [-0.2, -0.15) is 0 Å². The van der Waals surface area contributed by atoms with Gasteiger partial charge in [0.1, 0.15) is 6.61 Å². The summed E-state index contributed by atoms with van der Waals surface area (Å²) in [5.41, 5.74) is 5.37. The van der Waals surface area contributed by atoms with Gasteiger partial charge in [0.25, 0.3) is 0 Å². The lowest BCUT2D eigenvalue weighted by Crippen LogP contribution is -2.29. The number of nitrogens with two attached hydrogens (primary N) is 1. The van der Waals surface area contributed by atoms with E-state index in [0.29, 0.717) is 12.8 Å². The van der Waals surface area contributed by atoms with E-state index >= 15 is 0 Å². The zero-order valence-corrected chi connectivity index (χ0v) is 44.1. The maximum absolute atomic E-state index is 12.7. The van der Waals surface area contributed by atoms with Gasteiger partial charge in [-0.05, 0) is 109 Å². The van der Waals surface area contributed by atoms with Crippen molar-refractivity contribution in [1.82, 2.24) is 0 Å². The van der Waals surface area contributed by atoms with Crippen molar-refractivity contribution in [3.05, 3.63) is 134 Å². The van der Waals surface area contributed by atoms with Gasteiger partial charge in [0, 0.05) is 19.4 Å². The van der Waals surface area contributed by atoms with Gasteiger partial charge in [0.2, 0.25) is 0 Å². The first-order chi connectivity index (χ1) is 33.8. The lowest BCUT2D eigenvalue weighted by atomic mass is 10.1. The minimum atomic E-state index is -4.40. The minimum Gasteiger partial charge on any atom is -0.462 e. The molecule has 0 radical (unpaired) electrons. The van der Waals surface area contributed by atoms with Gasteiger partial charge in [-0.15, -0.1) is 0 Å². The molecule has 390 valence electrons. The normalized spacial score (nSPS) is 14.2. The number of allylic oxidation sites excluding steroid dienone is 22. The quantitative estimate of drug-likeness (QED) is 0.0264. The molecule has 0 aromatic rings. The Labute approximate surface area is 421 Å². The highest BCUT2D eigenvalue weighted by Crippen LogP contribution is 2.43. The second-order valence-electron chi connectivity index (χ2n) is 17.0. The van der Waals surface area contributed by atoms with Crippen molar-refractivity contribution in [1.29, 1.82) is 0 Å². The third-order valence-electron chi connectivity index (χ3n) is 10.5. The molecule has 69 heavy (non-hydrogen) atoms. The Hall–Kier alpha value is -3.85. The second-order valence-corrected chi connectivity index (χ2v) is 18.4. The van der Waals surface area contributed by atoms with Crippen LogP contribution in [0.25, 0.3) is 0 Å². The monoisotopic (exact) mass is 978 g/mol. The number of unbranched alkanes of at least 4 members (excludes halogenated alkanes) is 13. The standard InChI is InChI=1S/C59H96NO8P/c1-3-5-7-9-11-13-15-17-19-21-23-25-27-28-30-32-34-36-38-40-42-44-46-48-50-52-59(62)68-57(56-67-69(63,64)66-54-53-60)55-65-58(61)51-49-47-45-43-41-39-37-35-33-31-29-26-24-22-20-18-16-14-12-10-8-6-4-2/h5-8,11-14,17-20,23-26,28,30-31,33-34,36,57H,3-4,9-10,15-16,21-22,27,29,32,35,37-56,60H2,1-2H3,(H,63,64)/b7-5-,8-6-,13-11-,14-12-,19-17-,20-18-,25-23-,26-24-,30-28-,33-31-,36-34-. The first kappa shape index (κ1) is 65.1. The summed E-state index contributed by atoms with van der Waals surface area (Å²) in [6.45, 7) is 3.46. The number of hydrogen-bond acceptors (Lipinski definition) is 8. The Bertz CT molecular complexity index is 1580. The molecule has 2 atom stereocenters. The van der Waals surface area contributed by atoms with Crippen LogP contribution >= 0.6 is 7.82 Å². The van der Waals surface area contributed by atoms with Crippen molar-refractivity contribution < 1.29 is 37.6 Å². The molecule has 0 aliphatic heterocycles. The summed E-state index contributed by atoms with van der Waals surface area (Å²) in [6.07, 6.45) is 74.8. The molecule has 2 unspecified atom stereocenters. The average molecular weight is 978 g/mol. The third kappa shape index (κ3) is 53.4. The number of phosphoric ester groups is 1. The van der Waals surface area contributed by atoms with E-state index in [0.717, 1.165) is 135 Å². The molecule has 0 heterocycles. The number of phosphoric acid groups is 1. The highest BCUT2D eigenvalue weighted by Gasteiger charge is 2.26. The highest BCUT2D eigenvalue weighted by molar-refractivity contribution is 7.47. The fourth-order valence-corrected chi connectivity index (χ4v) is 7.43. The van der Waals surface area contributed by atoms with Crippen molar-refractivity contribution in [2.45, 2.75) is 200 Å². The van der Waals surface area contributed by atoms with Gasteiger partial charge in [0.15, 0.2) is 6.10 Å². The largest absolute Gasteiger partial charge is 0.472 e. The van der Waals surface area contributed by atoms with E-state index in [2.05, 4.69) is 148 Å². The highest BCUT2D eigenvalue weighted by atomic mass is 31.2. The number of carbonyl (C=O) groups is 2. The Kier molecular flexibility index (Phi) is 50.5. The van der Waals surface area contributed by atoms with Gasteiger partial charge in [0.05, 0.1) is 13.2 Å². The van der Waals surface area contributed by atoms with Gasteiger partial charge in [-0.25, -0.2) is 4.57 Å².